The highest BCUT2D eigenvalue weighted by molar-refractivity contribution is 5.91. The molecule has 0 unspecified atom stereocenters. The average Bonchev–Trinajstić information content (AvgIpc) is 3.12. The zero-order valence-corrected chi connectivity index (χ0v) is 15.7. The fourth-order valence-corrected chi connectivity index (χ4v) is 3.61. The molecular formula is C23H25N3O. The van der Waals surface area contributed by atoms with Crippen molar-refractivity contribution < 1.29 is 4.79 Å². The second-order valence-electron chi connectivity index (χ2n) is 7.29. The summed E-state index contributed by atoms with van der Waals surface area (Å²) >= 11 is 0. The minimum Gasteiger partial charge on any atom is -0.328 e. The lowest BCUT2D eigenvalue weighted by atomic mass is 10.1. The van der Waals surface area contributed by atoms with Crippen LogP contribution in [0.15, 0.2) is 54.7 Å². The van der Waals surface area contributed by atoms with Gasteiger partial charge in [0.1, 0.15) is 5.82 Å². The average molecular weight is 359 g/mol. The highest BCUT2D eigenvalue weighted by Gasteiger charge is 2.15. The molecule has 27 heavy (non-hydrogen) atoms. The van der Waals surface area contributed by atoms with E-state index in [4.69, 9.17) is 0 Å². The molecule has 4 nitrogen and oxygen atoms in total. The summed E-state index contributed by atoms with van der Waals surface area (Å²) in [5.74, 6) is 1.07. The number of rotatable bonds is 5. The number of carbonyl (C=O) groups excluding carboxylic acids is 1. The molecule has 138 valence electrons. The summed E-state index contributed by atoms with van der Waals surface area (Å²) in [5.41, 5.74) is 5.68. The minimum atomic E-state index is 0.0431. The van der Waals surface area contributed by atoms with Crippen molar-refractivity contribution in [3.05, 3.63) is 71.5 Å². The van der Waals surface area contributed by atoms with Crippen LogP contribution in [0.3, 0.4) is 0 Å². The normalized spacial score (nSPS) is 13.2. The molecule has 0 atom stereocenters. The molecule has 4 rings (SSSR count). The monoisotopic (exact) mass is 359 g/mol. The van der Waals surface area contributed by atoms with Crippen molar-refractivity contribution in [1.82, 2.24) is 9.55 Å². The van der Waals surface area contributed by atoms with Gasteiger partial charge >= 0.3 is 0 Å². The molecule has 0 bridgehead atoms. The number of amides is 1. The molecule has 3 aromatic rings. The molecule has 1 amide bonds. The maximum Gasteiger partial charge on any atom is 0.224 e. The van der Waals surface area contributed by atoms with E-state index in [0.29, 0.717) is 6.42 Å². The van der Waals surface area contributed by atoms with Gasteiger partial charge in [0.25, 0.3) is 0 Å². The van der Waals surface area contributed by atoms with E-state index < -0.39 is 0 Å². The number of fused-ring (bicyclic) bond motifs is 1. The fraction of sp³-hybridized carbons (Fsp3) is 0.304. The van der Waals surface area contributed by atoms with E-state index in [2.05, 4.69) is 46.1 Å². The SMILES string of the molecule is Cc1ccc(CCC(=O)Nc2ccc(-c3ncc4n3CCCC4)cc2)cc1. The van der Waals surface area contributed by atoms with Gasteiger partial charge in [-0.05, 0) is 62.4 Å². The molecule has 1 N–H and O–H groups in total. The van der Waals surface area contributed by atoms with Crippen LogP contribution in [0, 0.1) is 6.92 Å². The van der Waals surface area contributed by atoms with Gasteiger partial charge < -0.3 is 9.88 Å². The van der Waals surface area contributed by atoms with Crippen molar-refractivity contribution in [2.24, 2.45) is 0 Å². The van der Waals surface area contributed by atoms with Crippen LogP contribution < -0.4 is 5.32 Å². The molecular weight excluding hydrogens is 334 g/mol. The molecule has 0 saturated heterocycles. The lowest BCUT2D eigenvalue weighted by Crippen LogP contribution is -2.12. The minimum absolute atomic E-state index is 0.0431. The maximum absolute atomic E-state index is 12.2. The van der Waals surface area contributed by atoms with Crippen molar-refractivity contribution in [3.63, 3.8) is 0 Å². The summed E-state index contributed by atoms with van der Waals surface area (Å²) in [4.78, 5) is 16.8. The number of anilines is 1. The third-order valence-electron chi connectivity index (χ3n) is 5.19. The van der Waals surface area contributed by atoms with Crippen molar-refractivity contribution in [2.75, 3.05) is 5.32 Å². The molecule has 0 saturated carbocycles. The first-order chi connectivity index (χ1) is 13.2. The van der Waals surface area contributed by atoms with Gasteiger partial charge in [-0.1, -0.05) is 29.8 Å². The summed E-state index contributed by atoms with van der Waals surface area (Å²) in [6, 6.07) is 16.3. The van der Waals surface area contributed by atoms with E-state index in [1.165, 1.54) is 29.7 Å². The number of aryl methyl sites for hydroxylation is 3. The second-order valence-corrected chi connectivity index (χ2v) is 7.29. The lowest BCUT2D eigenvalue weighted by Gasteiger charge is -2.16. The van der Waals surface area contributed by atoms with Crippen LogP contribution in [0.1, 0.15) is 36.1 Å². The Bertz CT molecular complexity index is 923. The Hall–Kier alpha value is -2.88. The number of hydrogen-bond donors (Lipinski definition) is 1. The Morgan fingerprint density at radius 3 is 2.63 bits per heavy atom. The van der Waals surface area contributed by atoms with E-state index >= 15 is 0 Å². The van der Waals surface area contributed by atoms with Crippen LogP contribution in [0.4, 0.5) is 5.69 Å². The van der Waals surface area contributed by atoms with Crippen LogP contribution in [-0.4, -0.2) is 15.5 Å². The molecule has 0 spiro atoms. The Kier molecular flexibility index (Phi) is 5.05. The smallest absolute Gasteiger partial charge is 0.224 e. The van der Waals surface area contributed by atoms with Gasteiger partial charge in [0.15, 0.2) is 0 Å². The Morgan fingerprint density at radius 1 is 1.07 bits per heavy atom. The molecule has 2 heterocycles. The Morgan fingerprint density at radius 2 is 1.85 bits per heavy atom. The molecule has 1 aromatic heterocycles. The van der Waals surface area contributed by atoms with Crippen LogP contribution in [0.25, 0.3) is 11.4 Å². The highest BCUT2D eigenvalue weighted by atomic mass is 16.1. The molecule has 1 aliphatic rings. The van der Waals surface area contributed by atoms with Gasteiger partial charge in [0, 0.05) is 36.1 Å². The molecule has 0 aliphatic carbocycles. The van der Waals surface area contributed by atoms with Crippen LogP contribution >= 0.6 is 0 Å². The van der Waals surface area contributed by atoms with Gasteiger partial charge in [-0.3, -0.25) is 4.79 Å². The first kappa shape index (κ1) is 17.5. The van der Waals surface area contributed by atoms with Crippen LogP contribution in [-0.2, 0) is 24.2 Å². The van der Waals surface area contributed by atoms with E-state index in [1.807, 2.05) is 30.5 Å². The Labute approximate surface area is 160 Å². The summed E-state index contributed by atoms with van der Waals surface area (Å²) in [5, 5.41) is 2.99. The summed E-state index contributed by atoms with van der Waals surface area (Å²) < 4.78 is 2.32. The quantitative estimate of drug-likeness (QED) is 0.713. The first-order valence-corrected chi connectivity index (χ1v) is 9.69. The molecule has 1 aliphatic heterocycles. The van der Waals surface area contributed by atoms with Crippen molar-refractivity contribution in [2.45, 2.75) is 45.6 Å². The second kappa shape index (κ2) is 7.78. The predicted molar refractivity (Wildman–Crippen MR) is 109 cm³/mol. The predicted octanol–water partition coefficient (Wildman–Crippen LogP) is 4.77. The van der Waals surface area contributed by atoms with Gasteiger partial charge in [-0.15, -0.1) is 0 Å². The number of imidazole rings is 1. The van der Waals surface area contributed by atoms with Crippen molar-refractivity contribution in [3.8, 4) is 11.4 Å². The van der Waals surface area contributed by atoms with E-state index in [9.17, 15) is 4.79 Å². The zero-order valence-electron chi connectivity index (χ0n) is 15.7. The number of benzene rings is 2. The summed E-state index contributed by atoms with van der Waals surface area (Å²) in [6.45, 7) is 3.11. The maximum atomic E-state index is 12.2. The fourth-order valence-electron chi connectivity index (χ4n) is 3.61. The van der Waals surface area contributed by atoms with Crippen LogP contribution in [0.2, 0.25) is 0 Å². The number of carbonyl (C=O) groups is 1. The molecule has 4 heteroatoms. The van der Waals surface area contributed by atoms with E-state index in [0.717, 1.165) is 36.5 Å². The largest absolute Gasteiger partial charge is 0.328 e. The molecule has 0 fully saturated rings. The van der Waals surface area contributed by atoms with E-state index in [1.54, 1.807) is 0 Å². The molecule has 2 aromatic carbocycles. The highest BCUT2D eigenvalue weighted by Crippen LogP contribution is 2.25. The standard InChI is InChI=1S/C23H25N3O/c1-17-5-7-18(8-6-17)9-14-22(27)25-20-12-10-19(11-13-20)23-24-16-21-4-2-3-15-26(21)23/h5-8,10-13,16H,2-4,9,14-15H2,1H3,(H,25,27). The number of nitrogens with one attached hydrogen (secondary N) is 1. The first-order valence-electron chi connectivity index (χ1n) is 9.69. The summed E-state index contributed by atoms with van der Waals surface area (Å²) in [7, 11) is 0. The van der Waals surface area contributed by atoms with Gasteiger partial charge in [-0.2, -0.15) is 0 Å². The van der Waals surface area contributed by atoms with E-state index in [-0.39, 0.29) is 5.91 Å². The van der Waals surface area contributed by atoms with Gasteiger partial charge in [-0.25, -0.2) is 4.98 Å². The zero-order chi connectivity index (χ0) is 18.6. The van der Waals surface area contributed by atoms with Gasteiger partial charge in [0.05, 0.1) is 0 Å². The topological polar surface area (TPSA) is 46.9 Å². The number of aromatic nitrogens is 2. The number of hydrogen-bond acceptors (Lipinski definition) is 2. The van der Waals surface area contributed by atoms with Crippen molar-refractivity contribution in [1.29, 1.82) is 0 Å². The number of nitrogens with zero attached hydrogens (tertiary/aromatic N) is 2. The van der Waals surface area contributed by atoms with Crippen LogP contribution in [0.5, 0.6) is 0 Å². The third-order valence-corrected chi connectivity index (χ3v) is 5.19. The summed E-state index contributed by atoms with van der Waals surface area (Å²) in [6.07, 6.45) is 6.81. The van der Waals surface area contributed by atoms with Gasteiger partial charge in [0.2, 0.25) is 5.91 Å². The Balaban J connectivity index is 1.37. The molecule has 0 radical (unpaired) electrons. The van der Waals surface area contributed by atoms with Crippen molar-refractivity contribution >= 4 is 11.6 Å². The third kappa shape index (κ3) is 4.11. The lowest BCUT2D eigenvalue weighted by molar-refractivity contribution is -0.116.